The Kier molecular flexibility index (Phi) is 3.78. The van der Waals surface area contributed by atoms with Crippen LogP contribution in [-0.4, -0.2) is 13.2 Å². The monoisotopic (exact) mass is 184 g/mol. The van der Waals surface area contributed by atoms with Crippen molar-refractivity contribution in [2.75, 3.05) is 13.2 Å². The molecule has 0 spiro atoms. The van der Waals surface area contributed by atoms with E-state index >= 15 is 0 Å². The van der Waals surface area contributed by atoms with Crippen LogP contribution in [0, 0.1) is 29.6 Å². The fourth-order valence-electron chi connectivity index (χ4n) is 2.82. The third-order valence-electron chi connectivity index (χ3n) is 3.47. The van der Waals surface area contributed by atoms with E-state index in [1.807, 2.05) is 0 Å². The van der Waals surface area contributed by atoms with Gasteiger partial charge < -0.3 is 4.74 Å². The first kappa shape index (κ1) is 11.0. The fourth-order valence-corrected chi connectivity index (χ4v) is 2.82. The van der Waals surface area contributed by atoms with Gasteiger partial charge in [-0.25, -0.2) is 0 Å². The lowest BCUT2D eigenvalue weighted by Gasteiger charge is -2.41. The van der Waals surface area contributed by atoms with Gasteiger partial charge in [-0.05, 0) is 29.6 Å². The van der Waals surface area contributed by atoms with E-state index in [2.05, 4.69) is 34.6 Å². The van der Waals surface area contributed by atoms with Gasteiger partial charge in [-0.3, -0.25) is 0 Å². The molecule has 0 bridgehead atoms. The van der Waals surface area contributed by atoms with Gasteiger partial charge in [0.05, 0.1) is 0 Å². The highest BCUT2D eigenvalue weighted by Gasteiger charge is 2.34. The SMILES string of the molecule is CC(C)[C@@H]1[C@H](C)COC[C@@H]1C(C)C. The van der Waals surface area contributed by atoms with Gasteiger partial charge in [-0.15, -0.1) is 0 Å². The zero-order valence-corrected chi connectivity index (χ0v) is 9.71. The standard InChI is InChI=1S/C12H24O/c1-8(2)11-7-13-6-10(5)12(11)9(3)4/h8-12H,6-7H2,1-5H3/t10-,11-,12-/m1/s1. The van der Waals surface area contributed by atoms with Crippen molar-refractivity contribution in [3.05, 3.63) is 0 Å². The van der Waals surface area contributed by atoms with Crippen molar-refractivity contribution in [3.8, 4) is 0 Å². The molecule has 1 nitrogen and oxygen atoms in total. The topological polar surface area (TPSA) is 9.23 Å². The molecular weight excluding hydrogens is 160 g/mol. The quantitative estimate of drug-likeness (QED) is 0.640. The lowest BCUT2D eigenvalue weighted by atomic mass is 9.70. The summed E-state index contributed by atoms with van der Waals surface area (Å²) < 4.78 is 5.64. The van der Waals surface area contributed by atoms with Crippen LogP contribution in [0.1, 0.15) is 34.6 Å². The molecule has 1 heterocycles. The highest BCUT2D eigenvalue weighted by molar-refractivity contribution is 4.82. The van der Waals surface area contributed by atoms with Gasteiger partial charge >= 0.3 is 0 Å². The van der Waals surface area contributed by atoms with Crippen molar-refractivity contribution in [3.63, 3.8) is 0 Å². The maximum atomic E-state index is 5.64. The van der Waals surface area contributed by atoms with Crippen LogP contribution >= 0.6 is 0 Å². The highest BCUT2D eigenvalue weighted by Crippen LogP contribution is 2.36. The van der Waals surface area contributed by atoms with Gasteiger partial charge in [0.2, 0.25) is 0 Å². The van der Waals surface area contributed by atoms with Crippen LogP contribution in [0.2, 0.25) is 0 Å². The molecule has 78 valence electrons. The Labute approximate surface area is 82.9 Å². The van der Waals surface area contributed by atoms with Crippen LogP contribution in [0.3, 0.4) is 0 Å². The maximum absolute atomic E-state index is 5.64. The number of hydrogen-bond donors (Lipinski definition) is 0. The van der Waals surface area contributed by atoms with Crippen molar-refractivity contribution in [1.82, 2.24) is 0 Å². The molecule has 1 aliphatic rings. The van der Waals surface area contributed by atoms with Crippen LogP contribution in [0.25, 0.3) is 0 Å². The van der Waals surface area contributed by atoms with E-state index < -0.39 is 0 Å². The zero-order valence-electron chi connectivity index (χ0n) is 9.71. The lowest BCUT2D eigenvalue weighted by Crippen LogP contribution is -2.39. The van der Waals surface area contributed by atoms with E-state index in [1.54, 1.807) is 0 Å². The zero-order chi connectivity index (χ0) is 10.0. The summed E-state index contributed by atoms with van der Waals surface area (Å²) in [4.78, 5) is 0. The van der Waals surface area contributed by atoms with E-state index in [1.165, 1.54) is 0 Å². The molecule has 1 fully saturated rings. The molecule has 1 saturated heterocycles. The largest absolute Gasteiger partial charge is 0.381 e. The summed E-state index contributed by atoms with van der Waals surface area (Å²) >= 11 is 0. The number of rotatable bonds is 2. The molecule has 3 atom stereocenters. The van der Waals surface area contributed by atoms with Crippen molar-refractivity contribution < 1.29 is 4.74 Å². The van der Waals surface area contributed by atoms with E-state index in [9.17, 15) is 0 Å². The average Bonchev–Trinajstić information content (AvgIpc) is 2.02. The Balaban J connectivity index is 2.68. The normalized spacial score (nSPS) is 35.8. The Morgan fingerprint density at radius 1 is 1.00 bits per heavy atom. The molecule has 0 N–H and O–H groups in total. The molecule has 0 amide bonds. The molecule has 13 heavy (non-hydrogen) atoms. The second-order valence-corrected chi connectivity index (χ2v) is 5.24. The minimum absolute atomic E-state index is 0.737. The van der Waals surface area contributed by atoms with Crippen molar-refractivity contribution in [1.29, 1.82) is 0 Å². The lowest BCUT2D eigenvalue weighted by molar-refractivity contribution is -0.0554. The molecule has 0 aromatic carbocycles. The average molecular weight is 184 g/mol. The summed E-state index contributed by atoms with van der Waals surface area (Å²) in [6.07, 6.45) is 0. The fraction of sp³-hybridized carbons (Fsp3) is 1.00. The first-order valence-electron chi connectivity index (χ1n) is 5.61. The Morgan fingerprint density at radius 3 is 2.00 bits per heavy atom. The van der Waals surface area contributed by atoms with Crippen molar-refractivity contribution in [2.24, 2.45) is 29.6 Å². The first-order valence-corrected chi connectivity index (χ1v) is 5.61. The molecule has 0 radical (unpaired) electrons. The minimum Gasteiger partial charge on any atom is -0.381 e. The van der Waals surface area contributed by atoms with E-state index in [0.717, 1.165) is 42.8 Å². The Hall–Kier alpha value is -0.0400. The first-order chi connectivity index (χ1) is 6.04. The van der Waals surface area contributed by atoms with Gasteiger partial charge in [0.1, 0.15) is 0 Å². The maximum Gasteiger partial charge on any atom is 0.0499 e. The summed E-state index contributed by atoms with van der Waals surface area (Å²) in [5, 5.41) is 0. The van der Waals surface area contributed by atoms with Crippen molar-refractivity contribution in [2.45, 2.75) is 34.6 Å². The molecule has 0 aliphatic carbocycles. The van der Waals surface area contributed by atoms with Gasteiger partial charge in [0.15, 0.2) is 0 Å². The minimum atomic E-state index is 0.737. The number of ether oxygens (including phenoxy) is 1. The summed E-state index contributed by atoms with van der Waals surface area (Å²) in [7, 11) is 0. The number of hydrogen-bond acceptors (Lipinski definition) is 1. The molecular formula is C12H24O. The van der Waals surface area contributed by atoms with Crippen LogP contribution in [0.5, 0.6) is 0 Å². The van der Waals surface area contributed by atoms with Crippen LogP contribution in [-0.2, 0) is 4.74 Å². The van der Waals surface area contributed by atoms with Gasteiger partial charge in [-0.1, -0.05) is 34.6 Å². The molecule has 0 aromatic rings. The third kappa shape index (κ3) is 2.46. The van der Waals surface area contributed by atoms with Crippen LogP contribution < -0.4 is 0 Å². The second kappa shape index (κ2) is 4.45. The van der Waals surface area contributed by atoms with Gasteiger partial charge in [0.25, 0.3) is 0 Å². The molecule has 0 unspecified atom stereocenters. The molecule has 1 heteroatoms. The van der Waals surface area contributed by atoms with Crippen LogP contribution in [0.15, 0.2) is 0 Å². The van der Waals surface area contributed by atoms with Gasteiger partial charge in [-0.2, -0.15) is 0 Å². The summed E-state index contributed by atoms with van der Waals surface area (Å²) in [6.45, 7) is 13.6. The molecule has 0 aromatic heterocycles. The third-order valence-corrected chi connectivity index (χ3v) is 3.47. The highest BCUT2D eigenvalue weighted by atomic mass is 16.5. The smallest absolute Gasteiger partial charge is 0.0499 e. The summed E-state index contributed by atoms with van der Waals surface area (Å²) in [5.41, 5.74) is 0. The van der Waals surface area contributed by atoms with Crippen LogP contribution in [0.4, 0.5) is 0 Å². The second-order valence-electron chi connectivity index (χ2n) is 5.24. The Bertz CT molecular complexity index is 151. The van der Waals surface area contributed by atoms with E-state index in [-0.39, 0.29) is 0 Å². The summed E-state index contributed by atoms with van der Waals surface area (Å²) in [5.74, 6) is 3.92. The Morgan fingerprint density at radius 2 is 1.62 bits per heavy atom. The van der Waals surface area contributed by atoms with Gasteiger partial charge in [0, 0.05) is 13.2 Å². The summed E-state index contributed by atoms with van der Waals surface area (Å²) in [6, 6.07) is 0. The van der Waals surface area contributed by atoms with E-state index in [0.29, 0.717) is 0 Å². The predicted octanol–water partition coefficient (Wildman–Crippen LogP) is 3.20. The molecule has 0 saturated carbocycles. The molecule has 1 aliphatic heterocycles. The molecule has 1 rings (SSSR count). The predicted molar refractivity (Wildman–Crippen MR) is 56.6 cm³/mol. The van der Waals surface area contributed by atoms with E-state index in [4.69, 9.17) is 4.74 Å². The van der Waals surface area contributed by atoms with Crippen molar-refractivity contribution >= 4 is 0 Å².